The van der Waals surface area contributed by atoms with Crippen molar-refractivity contribution in [3.8, 4) is 11.6 Å². The van der Waals surface area contributed by atoms with Crippen LogP contribution in [0.1, 0.15) is 16.7 Å². The summed E-state index contributed by atoms with van der Waals surface area (Å²) in [6.07, 6.45) is 1.63. The fourth-order valence-corrected chi connectivity index (χ4v) is 1.55. The number of aliphatic hydroxyl groups is 1. The van der Waals surface area contributed by atoms with E-state index in [1.807, 2.05) is 32.0 Å². The van der Waals surface area contributed by atoms with Crippen molar-refractivity contribution in [1.82, 2.24) is 4.98 Å². The van der Waals surface area contributed by atoms with Crippen LogP contribution in [0.5, 0.6) is 11.6 Å². The number of hydrogen-bond donors (Lipinski definition) is 1. The summed E-state index contributed by atoms with van der Waals surface area (Å²) in [5.74, 6) is 1.30. The summed E-state index contributed by atoms with van der Waals surface area (Å²) in [7, 11) is 0. The lowest BCUT2D eigenvalue weighted by atomic mass is 10.1. The van der Waals surface area contributed by atoms with E-state index >= 15 is 0 Å². The minimum absolute atomic E-state index is 0.00825. The Morgan fingerprint density at radius 3 is 2.82 bits per heavy atom. The van der Waals surface area contributed by atoms with Crippen molar-refractivity contribution in [3.05, 3.63) is 53.2 Å². The topological polar surface area (TPSA) is 42.4 Å². The van der Waals surface area contributed by atoms with Crippen LogP contribution in [-0.2, 0) is 6.61 Å². The van der Waals surface area contributed by atoms with E-state index in [9.17, 15) is 0 Å². The standard InChI is InChI=1S/C14H15NO2/c1-10-4-3-5-13(11(10)2)17-14-8-12(9-16)6-7-15-14/h3-8,16H,9H2,1-2H3. The zero-order chi connectivity index (χ0) is 12.3. The number of aryl methyl sites for hydroxylation is 1. The van der Waals surface area contributed by atoms with E-state index in [-0.39, 0.29) is 6.61 Å². The van der Waals surface area contributed by atoms with Gasteiger partial charge >= 0.3 is 0 Å². The number of nitrogens with zero attached hydrogens (tertiary/aromatic N) is 1. The van der Waals surface area contributed by atoms with Crippen LogP contribution in [0.4, 0.5) is 0 Å². The number of benzene rings is 1. The third kappa shape index (κ3) is 2.63. The molecule has 0 unspecified atom stereocenters. The molecule has 0 aliphatic carbocycles. The molecule has 88 valence electrons. The van der Waals surface area contributed by atoms with Crippen molar-refractivity contribution in [2.75, 3.05) is 0 Å². The molecular formula is C14H15NO2. The Labute approximate surface area is 101 Å². The van der Waals surface area contributed by atoms with Crippen LogP contribution in [0, 0.1) is 13.8 Å². The van der Waals surface area contributed by atoms with Crippen LogP contribution in [0.25, 0.3) is 0 Å². The summed E-state index contributed by atoms with van der Waals surface area (Å²) >= 11 is 0. The summed E-state index contributed by atoms with van der Waals surface area (Å²) in [5.41, 5.74) is 3.07. The van der Waals surface area contributed by atoms with Crippen LogP contribution in [-0.4, -0.2) is 10.1 Å². The first-order valence-corrected chi connectivity index (χ1v) is 5.50. The second kappa shape index (κ2) is 4.97. The molecule has 2 rings (SSSR count). The van der Waals surface area contributed by atoms with Gasteiger partial charge in [0.1, 0.15) is 5.75 Å². The Bertz CT molecular complexity index is 523. The van der Waals surface area contributed by atoms with Gasteiger partial charge in [0.2, 0.25) is 5.88 Å². The number of ether oxygens (including phenoxy) is 1. The lowest BCUT2D eigenvalue weighted by Crippen LogP contribution is -1.93. The molecule has 0 atom stereocenters. The molecular weight excluding hydrogens is 214 g/mol. The quantitative estimate of drug-likeness (QED) is 0.879. The fraction of sp³-hybridized carbons (Fsp3) is 0.214. The molecule has 0 saturated heterocycles. The van der Waals surface area contributed by atoms with Crippen LogP contribution in [0.15, 0.2) is 36.5 Å². The summed E-state index contributed by atoms with van der Waals surface area (Å²) in [6, 6.07) is 9.40. The van der Waals surface area contributed by atoms with Gasteiger partial charge in [0.05, 0.1) is 6.61 Å². The Kier molecular flexibility index (Phi) is 3.40. The largest absolute Gasteiger partial charge is 0.439 e. The Morgan fingerprint density at radius 2 is 2.06 bits per heavy atom. The molecule has 17 heavy (non-hydrogen) atoms. The maximum absolute atomic E-state index is 9.04. The second-order valence-corrected chi connectivity index (χ2v) is 3.96. The number of rotatable bonds is 3. The maximum atomic E-state index is 9.04. The first-order valence-electron chi connectivity index (χ1n) is 5.50. The number of aromatic nitrogens is 1. The molecule has 0 amide bonds. The number of pyridine rings is 1. The zero-order valence-electron chi connectivity index (χ0n) is 9.97. The smallest absolute Gasteiger partial charge is 0.219 e. The van der Waals surface area contributed by atoms with Crippen molar-refractivity contribution in [2.24, 2.45) is 0 Å². The predicted octanol–water partition coefficient (Wildman–Crippen LogP) is 2.98. The van der Waals surface area contributed by atoms with Gasteiger partial charge in [-0.05, 0) is 42.7 Å². The average molecular weight is 229 g/mol. The molecule has 1 aromatic carbocycles. The first kappa shape index (κ1) is 11.6. The van der Waals surface area contributed by atoms with Crippen molar-refractivity contribution in [2.45, 2.75) is 20.5 Å². The molecule has 1 aromatic heterocycles. The maximum Gasteiger partial charge on any atom is 0.219 e. The van der Waals surface area contributed by atoms with Gasteiger partial charge in [-0.1, -0.05) is 12.1 Å². The van der Waals surface area contributed by atoms with Crippen molar-refractivity contribution in [1.29, 1.82) is 0 Å². The minimum Gasteiger partial charge on any atom is -0.439 e. The van der Waals surface area contributed by atoms with E-state index in [2.05, 4.69) is 4.98 Å². The zero-order valence-corrected chi connectivity index (χ0v) is 9.97. The third-order valence-corrected chi connectivity index (χ3v) is 2.75. The fourth-order valence-electron chi connectivity index (χ4n) is 1.55. The molecule has 0 spiro atoms. The van der Waals surface area contributed by atoms with E-state index in [1.54, 1.807) is 18.3 Å². The average Bonchev–Trinajstić information content (AvgIpc) is 2.35. The summed E-state index contributed by atoms with van der Waals surface area (Å²) in [6.45, 7) is 4.05. The molecule has 0 fully saturated rings. The normalized spacial score (nSPS) is 10.3. The molecule has 1 N–H and O–H groups in total. The molecule has 1 heterocycles. The van der Waals surface area contributed by atoms with Crippen LogP contribution in [0.3, 0.4) is 0 Å². The molecule has 3 nitrogen and oxygen atoms in total. The molecule has 0 radical (unpaired) electrons. The van der Waals surface area contributed by atoms with Gasteiger partial charge in [-0.2, -0.15) is 0 Å². The minimum atomic E-state index is -0.00825. The lowest BCUT2D eigenvalue weighted by molar-refractivity contribution is 0.281. The van der Waals surface area contributed by atoms with Crippen LogP contribution >= 0.6 is 0 Å². The number of hydrogen-bond acceptors (Lipinski definition) is 3. The van der Waals surface area contributed by atoms with Crippen molar-refractivity contribution >= 4 is 0 Å². The van der Waals surface area contributed by atoms with Gasteiger partial charge < -0.3 is 9.84 Å². The summed E-state index contributed by atoms with van der Waals surface area (Å²) in [5, 5.41) is 9.04. The molecule has 0 aliphatic heterocycles. The van der Waals surface area contributed by atoms with Crippen molar-refractivity contribution in [3.63, 3.8) is 0 Å². The van der Waals surface area contributed by atoms with Gasteiger partial charge in [-0.15, -0.1) is 0 Å². The highest BCUT2D eigenvalue weighted by Crippen LogP contribution is 2.25. The summed E-state index contributed by atoms with van der Waals surface area (Å²) < 4.78 is 5.71. The van der Waals surface area contributed by atoms with E-state index in [4.69, 9.17) is 9.84 Å². The van der Waals surface area contributed by atoms with E-state index in [0.717, 1.165) is 16.9 Å². The highest BCUT2D eigenvalue weighted by Gasteiger charge is 2.04. The lowest BCUT2D eigenvalue weighted by Gasteiger charge is -2.10. The highest BCUT2D eigenvalue weighted by molar-refractivity contribution is 5.40. The molecule has 0 aliphatic rings. The van der Waals surface area contributed by atoms with Gasteiger partial charge in [0.15, 0.2) is 0 Å². The van der Waals surface area contributed by atoms with Crippen molar-refractivity contribution < 1.29 is 9.84 Å². The van der Waals surface area contributed by atoms with E-state index < -0.39 is 0 Å². The molecule has 0 bridgehead atoms. The Balaban J connectivity index is 2.28. The van der Waals surface area contributed by atoms with Gasteiger partial charge in [-0.25, -0.2) is 4.98 Å². The van der Waals surface area contributed by atoms with Gasteiger partial charge in [0.25, 0.3) is 0 Å². The van der Waals surface area contributed by atoms with E-state index in [1.165, 1.54) is 5.56 Å². The molecule has 3 heteroatoms. The Hall–Kier alpha value is -1.87. The van der Waals surface area contributed by atoms with Gasteiger partial charge in [0, 0.05) is 12.3 Å². The molecule has 2 aromatic rings. The van der Waals surface area contributed by atoms with Gasteiger partial charge in [-0.3, -0.25) is 0 Å². The predicted molar refractivity (Wildman–Crippen MR) is 66.1 cm³/mol. The highest BCUT2D eigenvalue weighted by atomic mass is 16.5. The molecule has 0 saturated carbocycles. The number of aliphatic hydroxyl groups excluding tert-OH is 1. The van der Waals surface area contributed by atoms with Crippen LogP contribution < -0.4 is 4.74 Å². The third-order valence-electron chi connectivity index (χ3n) is 2.75. The summed E-state index contributed by atoms with van der Waals surface area (Å²) in [4.78, 5) is 4.12. The monoisotopic (exact) mass is 229 g/mol. The second-order valence-electron chi connectivity index (χ2n) is 3.96. The van der Waals surface area contributed by atoms with Crippen LogP contribution in [0.2, 0.25) is 0 Å². The van der Waals surface area contributed by atoms with E-state index in [0.29, 0.717) is 5.88 Å². The Morgan fingerprint density at radius 1 is 1.24 bits per heavy atom. The SMILES string of the molecule is Cc1cccc(Oc2cc(CO)ccn2)c1C. The first-order chi connectivity index (χ1) is 8.20.